The molecule has 13 heavy (non-hydrogen) atoms. The fourth-order valence-corrected chi connectivity index (χ4v) is 2.41. The molecule has 1 rings (SSSR count). The first kappa shape index (κ1) is 10.9. The Balaban J connectivity index is 2.35. The van der Waals surface area contributed by atoms with Crippen LogP contribution in [0.4, 0.5) is 0 Å². The average Bonchev–Trinajstić information content (AvgIpc) is 2.01. The van der Waals surface area contributed by atoms with Crippen molar-refractivity contribution in [1.82, 2.24) is 4.90 Å². The van der Waals surface area contributed by atoms with Gasteiger partial charge in [-0.1, -0.05) is 6.42 Å². The molecule has 5 heteroatoms. The van der Waals surface area contributed by atoms with Crippen LogP contribution in [0.5, 0.6) is 0 Å². The average molecular weight is 206 g/mol. The summed E-state index contributed by atoms with van der Waals surface area (Å²) in [6.07, 6.45) is 4.21. The van der Waals surface area contributed by atoms with Crippen molar-refractivity contribution < 1.29 is 8.42 Å². The van der Waals surface area contributed by atoms with Crippen LogP contribution in [0.25, 0.3) is 0 Å². The summed E-state index contributed by atoms with van der Waals surface area (Å²) in [7, 11) is -1.23. The first-order valence-electron chi connectivity index (χ1n) is 4.70. The van der Waals surface area contributed by atoms with Crippen LogP contribution in [0, 0.1) is 0 Å². The molecule has 0 amide bonds. The smallest absolute Gasteiger partial charge is 0.209 e. The highest BCUT2D eigenvalue weighted by Gasteiger charge is 2.19. The second-order valence-corrected chi connectivity index (χ2v) is 5.52. The molecule has 78 valence electrons. The van der Waals surface area contributed by atoms with Crippen molar-refractivity contribution in [3.63, 3.8) is 0 Å². The molecule has 1 aliphatic heterocycles. The molecule has 4 nitrogen and oxygen atoms in total. The second-order valence-electron chi connectivity index (χ2n) is 3.79. The van der Waals surface area contributed by atoms with E-state index >= 15 is 0 Å². The Labute approximate surface area is 80.1 Å². The van der Waals surface area contributed by atoms with E-state index in [9.17, 15) is 8.42 Å². The third-order valence-electron chi connectivity index (χ3n) is 2.66. The summed E-state index contributed by atoms with van der Waals surface area (Å²) in [4.78, 5) is 2.23. The lowest BCUT2D eigenvalue weighted by molar-refractivity contribution is 0.181. The number of rotatable bonds is 3. The van der Waals surface area contributed by atoms with E-state index < -0.39 is 10.0 Å². The third kappa shape index (κ3) is 4.06. The Kier molecular flexibility index (Phi) is 3.70. The van der Waals surface area contributed by atoms with Crippen LogP contribution in [0.3, 0.4) is 0 Å². The van der Waals surface area contributed by atoms with Gasteiger partial charge in [0.15, 0.2) is 0 Å². The Hall–Kier alpha value is -0.130. The number of nitrogens with zero attached hydrogens (tertiary/aromatic N) is 1. The molecule has 1 unspecified atom stereocenters. The van der Waals surface area contributed by atoms with E-state index in [1.54, 1.807) is 0 Å². The SMILES string of the molecule is CN1CCCCC1CCS(N)(=O)=O. The van der Waals surface area contributed by atoms with Crippen molar-refractivity contribution in [2.75, 3.05) is 19.3 Å². The van der Waals surface area contributed by atoms with E-state index in [0.717, 1.165) is 13.0 Å². The van der Waals surface area contributed by atoms with Gasteiger partial charge in [-0.15, -0.1) is 0 Å². The van der Waals surface area contributed by atoms with Crippen LogP contribution in [-0.4, -0.2) is 38.7 Å². The van der Waals surface area contributed by atoms with Crippen LogP contribution in [0.15, 0.2) is 0 Å². The van der Waals surface area contributed by atoms with Crippen LogP contribution >= 0.6 is 0 Å². The zero-order valence-electron chi connectivity index (χ0n) is 8.07. The van der Waals surface area contributed by atoms with Gasteiger partial charge < -0.3 is 4.90 Å². The summed E-state index contributed by atoms with van der Waals surface area (Å²) in [5, 5.41) is 4.95. The summed E-state index contributed by atoms with van der Waals surface area (Å²) in [5.41, 5.74) is 0. The van der Waals surface area contributed by atoms with Crippen molar-refractivity contribution >= 4 is 10.0 Å². The first-order chi connectivity index (χ1) is 5.99. The molecular weight excluding hydrogens is 188 g/mol. The zero-order valence-corrected chi connectivity index (χ0v) is 8.89. The number of hydrogen-bond acceptors (Lipinski definition) is 3. The van der Waals surface area contributed by atoms with E-state index in [2.05, 4.69) is 4.90 Å². The molecule has 1 atom stereocenters. The van der Waals surface area contributed by atoms with Crippen molar-refractivity contribution in [2.24, 2.45) is 5.14 Å². The van der Waals surface area contributed by atoms with Gasteiger partial charge in [0.1, 0.15) is 0 Å². The maximum Gasteiger partial charge on any atom is 0.209 e. The highest BCUT2D eigenvalue weighted by atomic mass is 32.2. The van der Waals surface area contributed by atoms with Crippen molar-refractivity contribution in [3.8, 4) is 0 Å². The topological polar surface area (TPSA) is 63.4 Å². The molecule has 1 aliphatic rings. The molecular formula is C8H18N2O2S. The number of piperidine rings is 1. The van der Waals surface area contributed by atoms with Crippen LogP contribution in [0.1, 0.15) is 25.7 Å². The number of hydrogen-bond donors (Lipinski definition) is 1. The molecule has 0 aromatic heterocycles. The highest BCUT2D eigenvalue weighted by Crippen LogP contribution is 2.17. The lowest BCUT2D eigenvalue weighted by Crippen LogP contribution is -2.37. The van der Waals surface area contributed by atoms with E-state index in [1.807, 2.05) is 7.05 Å². The normalized spacial score (nSPS) is 26.2. The van der Waals surface area contributed by atoms with Gasteiger partial charge in [0.25, 0.3) is 0 Å². The maximum absolute atomic E-state index is 10.7. The van der Waals surface area contributed by atoms with Crippen LogP contribution in [0.2, 0.25) is 0 Å². The van der Waals surface area contributed by atoms with Crippen LogP contribution < -0.4 is 5.14 Å². The molecule has 1 heterocycles. The number of sulfonamides is 1. The van der Waals surface area contributed by atoms with E-state index in [4.69, 9.17) is 5.14 Å². The van der Waals surface area contributed by atoms with Gasteiger partial charge in [0, 0.05) is 6.04 Å². The summed E-state index contributed by atoms with van der Waals surface area (Å²) < 4.78 is 21.5. The van der Waals surface area contributed by atoms with Gasteiger partial charge in [-0.2, -0.15) is 0 Å². The zero-order chi connectivity index (χ0) is 9.90. The predicted molar refractivity (Wildman–Crippen MR) is 52.9 cm³/mol. The molecule has 0 spiro atoms. The first-order valence-corrected chi connectivity index (χ1v) is 6.41. The molecule has 0 aliphatic carbocycles. The van der Waals surface area contributed by atoms with Crippen molar-refractivity contribution in [1.29, 1.82) is 0 Å². The molecule has 0 aromatic carbocycles. The summed E-state index contributed by atoms with van der Waals surface area (Å²) >= 11 is 0. The lowest BCUT2D eigenvalue weighted by atomic mass is 10.0. The van der Waals surface area contributed by atoms with Gasteiger partial charge in [-0.25, -0.2) is 13.6 Å². The summed E-state index contributed by atoms with van der Waals surface area (Å²) in [5.74, 6) is 0.113. The number of nitrogens with two attached hydrogens (primary N) is 1. The molecule has 0 aromatic rings. The molecule has 0 saturated carbocycles. The minimum absolute atomic E-state index is 0.113. The highest BCUT2D eigenvalue weighted by molar-refractivity contribution is 7.89. The molecule has 1 saturated heterocycles. The minimum Gasteiger partial charge on any atom is -0.303 e. The quantitative estimate of drug-likeness (QED) is 0.715. The van der Waals surface area contributed by atoms with Gasteiger partial charge >= 0.3 is 0 Å². The molecule has 2 N–H and O–H groups in total. The lowest BCUT2D eigenvalue weighted by Gasteiger charge is -2.32. The Morgan fingerprint density at radius 2 is 2.15 bits per heavy atom. The monoisotopic (exact) mass is 206 g/mol. The van der Waals surface area contributed by atoms with Crippen LogP contribution in [-0.2, 0) is 10.0 Å². The van der Waals surface area contributed by atoms with E-state index in [1.165, 1.54) is 12.8 Å². The maximum atomic E-state index is 10.7. The standard InChI is InChI=1S/C8H18N2O2S/c1-10-6-3-2-4-8(10)5-7-13(9,11)12/h8H,2-7H2,1H3,(H2,9,11,12). The van der Waals surface area contributed by atoms with Gasteiger partial charge in [0.2, 0.25) is 10.0 Å². The largest absolute Gasteiger partial charge is 0.303 e. The number of primary sulfonamides is 1. The fourth-order valence-electron chi connectivity index (χ4n) is 1.81. The summed E-state index contributed by atoms with van der Waals surface area (Å²) in [6.45, 7) is 1.08. The number of likely N-dealkylation sites (tertiary alicyclic amines) is 1. The van der Waals surface area contributed by atoms with Crippen molar-refractivity contribution in [2.45, 2.75) is 31.7 Å². The van der Waals surface area contributed by atoms with Crippen molar-refractivity contribution in [3.05, 3.63) is 0 Å². The third-order valence-corrected chi connectivity index (χ3v) is 3.46. The second kappa shape index (κ2) is 4.39. The van der Waals surface area contributed by atoms with Gasteiger partial charge in [-0.3, -0.25) is 0 Å². The molecule has 1 fully saturated rings. The Morgan fingerprint density at radius 1 is 1.46 bits per heavy atom. The van der Waals surface area contributed by atoms with Gasteiger partial charge in [0.05, 0.1) is 5.75 Å². The predicted octanol–water partition coefficient (Wildman–Crippen LogP) is 0.149. The Morgan fingerprint density at radius 3 is 2.69 bits per heavy atom. The Bertz CT molecular complexity index is 251. The summed E-state index contributed by atoms with van der Waals surface area (Å²) in [6, 6.07) is 0.409. The van der Waals surface area contributed by atoms with E-state index in [-0.39, 0.29) is 5.75 Å². The minimum atomic E-state index is -3.27. The fraction of sp³-hybridized carbons (Fsp3) is 1.00. The van der Waals surface area contributed by atoms with E-state index in [0.29, 0.717) is 12.5 Å². The molecule has 0 radical (unpaired) electrons. The molecule has 0 bridgehead atoms. The van der Waals surface area contributed by atoms with Gasteiger partial charge in [-0.05, 0) is 32.9 Å².